The van der Waals surface area contributed by atoms with Gasteiger partial charge in [-0.15, -0.1) is 0 Å². The van der Waals surface area contributed by atoms with Crippen LogP contribution in [-0.2, 0) is 7.05 Å². The Morgan fingerprint density at radius 1 is 1.47 bits per heavy atom. The van der Waals surface area contributed by atoms with Crippen molar-refractivity contribution in [3.63, 3.8) is 0 Å². The van der Waals surface area contributed by atoms with Crippen molar-refractivity contribution in [2.45, 2.75) is 25.8 Å². The second-order valence-electron chi connectivity index (χ2n) is 4.72. The molecule has 0 spiro atoms. The molecule has 2 N–H and O–H groups in total. The molecule has 0 radical (unpaired) electrons. The maximum atomic E-state index is 4.68. The van der Waals surface area contributed by atoms with Crippen molar-refractivity contribution in [2.75, 3.05) is 6.54 Å². The van der Waals surface area contributed by atoms with Crippen LogP contribution in [0.15, 0.2) is 18.3 Å². The maximum Gasteiger partial charge on any atom is 0.0873 e. The van der Waals surface area contributed by atoms with Gasteiger partial charge in [0.1, 0.15) is 0 Å². The van der Waals surface area contributed by atoms with Crippen molar-refractivity contribution in [2.24, 2.45) is 7.05 Å². The molecule has 1 fully saturated rings. The molecule has 3 heterocycles. The van der Waals surface area contributed by atoms with Crippen LogP contribution in [0.3, 0.4) is 0 Å². The molecule has 1 aliphatic heterocycles. The van der Waals surface area contributed by atoms with E-state index < -0.39 is 0 Å². The molecule has 1 aliphatic rings. The lowest BCUT2D eigenvalue weighted by Crippen LogP contribution is -2.14. The van der Waals surface area contributed by atoms with Crippen LogP contribution >= 0.6 is 0 Å². The summed E-state index contributed by atoms with van der Waals surface area (Å²) in [5.74, 6) is 0. The van der Waals surface area contributed by atoms with E-state index in [2.05, 4.69) is 28.4 Å². The highest BCUT2D eigenvalue weighted by molar-refractivity contribution is 5.60. The van der Waals surface area contributed by atoms with Crippen molar-refractivity contribution in [3.8, 4) is 11.4 Å². The quantitative estimate of drug-likeness (QED) is 0.830. The van der Waals surface area contributed by atoms with Crippen LogP contribution < -0.4 is 5.32 Å². The highest BCUT2D eigenvalue weighted by Gasteiger charge is 2.24. The van der Waals surface area contributed by atoms with Gasteiger partial charge in [-0.2, -0.15) is 5.10 Å². The Hall–Kier alpha value is -1.55. The number of H-pyrrole nitrogens is 1. The molecule has 0 aliphatic carbocycles. The number of hydrogen-bond acceptors (Lipinski definition) is 2. The van der Waals surface area contributed by atoms with Crippen molar-refractivity contribution < 1.29 is 0 Å². The third-order valence-corrected chi connectivity index (χ3v) is 3.56. The van der Waals surface area contributed by atoms with Crippen LogP contribution in [0.25, 0.3) is 11.4 Å². The van der Waals surface area contributed by atoms with E-state index in [-0.39, 0.29) is 0 Å². The highest BCUT2D eigenvalue weighted by atomic mass is 15.3. The molecule has 1 unspecified atom stereocenters. The minimum atomic E-state index is 0.435. The zero-order valence-corrected chi connectivity index (χ0v) is 10.3. The lowest BCUT2D eigenvalue weighted by atomic mass is 10.1. The number of aromatic amines is 1. The summed E-state index contributed by atoms with van der Waals surface area (Å²) < 4.78 is 1.98. The molecule has 0 aromatic carbocycles. The molecule has 1 saturated heterocycles. The van der Waals surface area contributed by atoms with E-state index >= 15 is 0 Å². The van der Waals surface area contributed by atoms with Crippen molar-refractivity contribution >= 4 is 0 Å². The summed E-state index contributed by atoms with van der Waals surface area (Å²) in [5, 5.41) is 8.20. The molecule has 90 valence electrons. The van der Waals surface area contributed by atoms with Gasteiger partial charge in [0.25, 0.3) is 0 Å². The molecular formula is C13H18N4. The zero-order valence-electron chi connectivity index (χ0n) is 10.3. The van der Waals surface area contributed by atoms with Gasteiger partial charge >= 0.3 is 0 Å². The predicted molar refractivity (Wildman–Crippen MR) is 67.7 cm³/mol. The van der Waals surface area contributed by atoms with Crippen LogP contribution in [0.4, 0.5) is 0 Å². The largest absolute Gasteiger partial charge is 0.360 e. The third-order valence-electron chi connectivity index (χ3n) is 3.56. The number of nitrogens with one attached hydrogen (secondary N) is 2. The van der Waals surface area contributed by atoms with Gasteiger partial charge in [0.05, 0.1) is 23.1 Å². The van der Waals surface area contributed by atoms with E-state index in [9.17, 15) is 0 Å². The van der Waals surface area contributed by atoms with Gasteiger partial charge in [0.15, 0.2) is 0 Å². The molecule has 0 bridgehead atoms. The summed E-state index contributed by atoms with van der Waals surface area (Å²) >= 11 is 0. The number of aromatic nitrogens is 3. The first-order valence-electron chi connectivity index (χ1n) is 6.18. The van der Waals surface area contributed by atoms with Crippen molar-refractivity contribution in [1.82, 2.24) is 20.1 Å². The van der Waals surface area contributed by atoms with Crippen LogP contribution in [0.5, 0.6) is 0 Å². The summed E-state index contributed by atoms with van der Waals surface area (Å²) in [6.07, 6.45) is 4.40. The second kappa shape index (κ2) is 4.04. The van der Waals surface area contributed by atoms with Crippen LogP contribution in [0.1, 0.15) is 30.1 Å². The number of nitrogens with zero attached hydrogens (tertiary/aromatic N) is 2. The Morgan fingerprint density at radius 3 is 3.00 bits per heavy atom. The lowest BCUT2D eigenvalue weighted by Gasteiger charge is -2.07. The molecule has 0 amide bonds. The van der Waals surface area contributed by atoms with E-state index in [1.165, 1.54) is 29.8 Å². The van der Waals surface area contributed by atoms with Crippen LogP contribution in [-0.4, -0.2) is 21.3 Å². The molecule has 0 saturated carbocycles. The average Bonchev–Trinajstić information content (AvgIpc) is 2.99. The Balaban J connectivity index is 2.05. The van der Waals surface area contributed by atoms with Crippen LogP contribution in [0, 0.1) is 6.92 Å². The Labute approximate surface area is 101 Å². The van der Waals surface area contributed by atoms with E-state index in [1.54, 1.807) is 0 Å². The van der Waals surface area contributed by atoms with E-state index in [0.717, 1.165) is 12.2 Å². The summed E-state index contributed by atoms with van der Waals surface area (Å²) in [4.78, 5) is 3.26. The van der Waals surface area contributed by atoms with E-state index in [1.807, 2.05) is 24.0 Å². The topological polar surface area (TPSA) is 45.6 Å². The van der Waals surface area contributed by atoms with Crippen molar-refractivity contribution in [1.29, 1.82) is 0 Å². The fourth-order valence-corrected chi connectivity index (χ4v) is 2.75. The van der Waals surface area contributed by atoms with Gasteiger partial charge in [-0.05, 0) is 38.4 Å². The molecular weight excluding hydrogens is 212 g/mol. The zero-order chi connectivity index (χ0) is 11.8. The van der Waals surface area contributed by atoms with Crippen molar-refractivity contribution in [3.05, 3.63) is 29.6 Å². The summed E-state index contributed by atoms with van der Waals surface area (Å²) in [6.45, 7) is 3.27. The monoisotopic (exact) mass is 230 g/mol. The minimum absolute atomic E-state index is 0.435. The van der Waals surface area contributed by atoms with Gasteiger partial charge in [-0.3, -0.25) is 4.68 Å². The number of rotatable bonds is 2. The Morgan fingerprint density at radius 2 is 2.35 bits per heavy atom. The SMILES string of the molecule is Cc1c(C2CCCN2)nn(C)c1-c1ccc[nH]1. The third kappa shape index (κ3) is 1.69. The van der Waals surface area contributed by atoms with E-state index in [0.29, 0.717) is 6.04 Å². The molecule has 2 aromatic heterocycles. The fraction of sp³-hybridized carbons (Fsp3) is 0.462. The lowest BCUT2D eigenvalue weighted by molar-refractivity contribution is 0.605. The molecule has 2 aromatic rings. The Kier molecular flexibility index (Phi) is 2.52. The van der Waals surface area contributed by atoms with Gasteiger partial charge < -0.3 is 10.3 Å². The highest BCUT2D eigenvalue weighted by Crippen LogP contribution is 2.30. The van der Waals surface area contributed by atoms with Gasteiger partial charge in [0, 0.05) is 18.8 Å². The first-order chi connectivity index (χ1) is 8.27. The molecule has 17 heavy (non-hydrogen) atoms. The normalized spacial score (nSPS) is 20.0. The minimum Gasteiger partial charge on any atom is -0.360 e. The standard InChI is InChI=1S/C13H18N4/c1-9-12(10-5-3-7-14-10)16-17(2)13(9)11-6-4-8-15-11/h4,6,8,10,14-15H,3,5,7H2,1-2H3. The fourth-order valence-electron chi connectivity index (χ4n) is 2.75. The maximum absolute atomic E-state index is 4.68. The smallest absolute Gasteiger partial charge is 0.0873 e. The van der Waals surface area contributed by atoms with Gasteiger partial charge in [-0.1, -0.05) is 0 Å². The number of aryl methyl sites for hydroxylation is 1. The second-order valence-corrected chi connectivity index (χ2v) is 4.72. The van der Waals surface area contributed by atoms with Crippen LogP contribution in [0.2, 0.25) is 0 Å². The van der Waals surface area contributed by atoms with E-state index in [4.69, 9.17) is 0 Å². The molecule has 1 atom stereocenters. The Bertz CT molecular complexity index is 504. The first kappa shape index (κ1) is 10.6. The molecule has 3 rings (SSSR count). The summed E-state index contributed by atoms with van der Waals surface area (Å²) in [5.41, 5.74) is 4.82. The summed E-state index contributed by atoms with van der Waals surface area (Å²) in [6, 6.07) is 4.55. The average molecular weight is 230 g/mol. The van der Waals surface area contributed by atoms with Gasteiger partial charge in [0.2, 0.25) is 0 Å². The van der Waals surface area contributed by atoms with Gasteiger partial charge in [-0.25, -0.2) is 0 Å². The number of hydrogen-bond donors (Lipinski definition) is 2. The first-order valence-corrected chi connectivity index (χ1v) is 6.18. The molecule has 4 heteroatoms. The molecule has 4 nitrogen and oxygen atoms in total. The predicted octanol–water partition coefficient (Wildman–Crippen LogP) is 2.15. The summed E-state index contributed by atoms with van der Waals surface area (Å²) in [7, 11) is 2.02.